The molecule has 0 aromatic heterocycles. The van der Waals surface area contributed by atoms with Gasteiger partial charge >= 0.3 is 6.09 Å². The van der Waals surface area contributed by atoms with Crippen molar-refractivity contribution in [3.63, 3.8) is 0 Å². The van der Waals surface area contributed by atoms with Gasteiger partial charge in [-0.2, -0.15) is 0 Å². The maximum absolute atomic E-state index is 12.3. The molecule has 1 fully saturated rings. The Morgan fingerprint density at radius 1 is 1.16 bits per heavy atom. The molecule has 0 aliphatic carbocycles. The fraction of sp³-hybridized carbons (Fsp3) is 0.579. The maximum Gasteiger partial charge on any atom is 0.409 e. The molecule has 138 valence electrons. The summed E-state index contributed by atoms with van der Waals surface area (Å²) in [6.45, 7) is 9.87. The average Bonchev–Trinajstić information content (AvgIpc) is 2.62. The van der Waals surface area contributed by atoms with Crippen LogP contribution in [0.2, 0.25) is 0 Å². The molecule has 2 amide bonds. The number of aryl methyl sites for hydroxylation is 2. The number of hydrogen-bond acceptors (Lipinski definition) is 4. The van der Waals surface area contributed by atoms with Crippen LogP contribution in [0.25, 0.3) is 0 Å². The van der Waals surface area contributed by atoms with E-state index in [0.717, 1.165) is 36.3 Å². The Kier molecular flexibility index (Phi) is 7.25. The fourth-order valence-corrected chi connectivity index (χ4v) is 3.03. The highest BCUT2D eigenvalue weighted by molar-refractivity contribution is 5.92. The molecule has 0 bridgehead atoms. The van der Waals surface area contributed by atoms with Crippen LogP contribution in [-0.4, -0.2) is 61.1 Å². The molecular weight excluding hydrogens is 318 g/mol. The Balaban J connectivity index is 1.77. The largest absolute Gasteiger partial charge is 0.450 e. The molecule has 1 aromatic carbocycles. The quantitative estimate of drug-likeness (QED) is 0.859. The first-order chi connectivity index (χ1) is 12.0. The summed E-state index contributed by atoms with van der Waals surface area (Å²) in [5, 5.41) is 3.06. The third-order valence-corrected chi connectivity index (χ3v) is 4.56. The van der Waals surface area contributed by atoms with E-state index in [9.17, 15) is 9.59 Å². The van der Waals surface area contributed by atoms with Gasteiger partial charge in [-0.3, -0.25) is 9.69 Å². The van der Waals surface area contributed by atoms with E-state index in [2.05, 4.69) is 23.2 Å². The van der Waals surface area contributed by atoms with E-state index in [0.29, 0.717) is 32.7 Å². The molecule has 6 nitrogen and oxygen atoms in total. The molecule has 1 aliphatic rings. The van der Waals surface area contributed by atoms with E-state index in [-0.39, 0.29) is 12.0 Å². The van der Waals surface area contributed by atoms with Crippen LogP contribution in [0.1, 0.15) is 31.4 Å². The molecular formula is C19H29N3O3. The molecule has 0 unspecified atom stereocenters. The molecule has 1 aliphatic heterocycles. The van der Waals surface area contributed by atoms with Crippen LogP contribution >= 0.6 is 0 Å². The lowest BCUT2D eigenvalue weighted by molar-refractivity contribution is -0.116. The SMILES string of the molecule is CCOC(=O)N1CCN(CCC(=O)Nc2c(C)cccc2CC)CC1. The van der Waals surface area contributed by atoms with Gasteiger partial charge in [0, 0.05) is 44.8 Å². The van der Waals surface area contributed by atoms with Crippen LogP contribution in [-0.2, 0) is 16.0 Å². The van der Waals surface area contributed by atoms with E-state index in [1.807, 2.05) is 26.0 Å². The van der Waals surface area contributed by atoms with Crippen LogP contribution in [0.5, 0.6) is 0 Å². The molecule has 0 saturated carbocycles. The number of nitrogens with one attached hydrogen (secondary N) is 1. The van der Waals surface area contributed by atoms with Gasteiger partial charge in [0.1, 0.15) is 0 Å². The third-order valence-electron chi connectivity index (χ3n) is 4.56. The van der Waals surface area contributed by atoms with Crippen molar-refractivity contribution in [2.75, 3.05) is 44.6 Å². The highest BCUT2D eigenvalue weighted by Gasteiger charge is 2.22. The van der Waals surface area contributed by atoms with Crippen molar-refractivity contribution in [1.29, 1.82) is 0 Å². The summed E-state index contributed by atoms with van der Waals surface area (Å²) in [6, 6.07) is 6.09. The number of benzene rings is 1. The van der Waals surface area contributed by atoms with Crippen LogP contribution in [0.3, 0.4) is 0 Å². The number of amides is 2. The normalized spacial score (nSPS) is 15.1. The van der Waals surface area contributed by atoms with Crippen molar-refractivity contribution in [2.24, 2.45) is 0 Å². The monoisotopic (exact) mass is 347 g/mol. The predicted molar refractivity (Wildman–Crippen MR) is 98.8 cm³/mol. The minimum Gasteiger partial charge on any atom is -0.450 e. The van der Waals surface area contributed by atoms with E-state index < -0.39 is 0 Å². The van der Waals surface area contributed by atoms with Gasteiger partial charge in [0.15, 0.2) is 0 Å². The Morgan fingerprint density at radius 2 is 1.88 bits per heavy atom. The first-order valence-electron chi connectivity index (χ1n) is 9.07. The molecule has 1 saturated heterocycles. The Bertz CT molecular complexity index is 596. The van der Waals surface area contributed by atoms with Gasteiger partial charge in [-0.1, -0.05) is 25.1 Å². The number of piperazine rings is 1. The molecule has 1 aromatic rings. The van der Waals surface area contributed by atoms with E-state index >= 15 is 0 Å². The number of hydrogen-bond donors (Lipinski definition) is 1. The van der Waals surface area contributed by atoms with Gasteiger partial charge in [-0.05, 0) is 31.4 Å². The summed E-state index contributed by atoms with van der Waals surface area (Å²) >= 11 is 0. The fourth-order valence-electron chi connectivity index (χ4n) is 3.03. The number of para-hydroxylation sites is 1. The van der Waals surface area contributed by atoms with Crippen LogP contribution in [0.4, 0.5) is 10.5 Å². The predicted octanol–water partition coefficient (Wildman–Crippen LogP) is 2.66. The standard InChI is InChI=1S/C19H29N3O3/c1-4-16-8-6-7-15(3)18(16)20-17(23)9-10-21-11-13-22(14-12-21)19(24)25-5-2/h6-8H,4-5,9-14H2,1-3H3,(H,20,23). The van der Waals surface area contributed by atoms with Crippen LogP contribution in [0, 0.1) is 6.92 Å². The van der Waals surface area contributed by atoms with Crippen LogP contribution < -0.4 is 5.32 Å². The van der Waals surface area contributed by atoms with E-state index in [4.69, 9.17) is 4.74 Å². The van der Waals surface area contributed by atoms with Gasteiger partial charge in [0.25, 0.3) is 0 Å². The summed E-state index contributed by atoms with van der Waals surface area (Å²) in [6.07, 6.45) is 1.11. The molecule has 0 spiro atoms. The summed E-state index contributed by atoms with van der Waals surface area (Å²) in [4.78, 5) is 27.9. The minimum atomic E-state index is -0.244. The highest BCUT2D eigenvalue weighted by Crippen LogP contribution is 2.21. The van der Waals surface area contributed by atoms with Crippen molar-refractivity contribution >= 4 is 17.7 Å². The zero-order chi connectivity index (χ0) is 18.2. The molecule has 6 heteroatoms. The lowest BCUT2D eigenvalue weighted by Gasteiger charge is -2.33. The molecule has 2 rings (SSSR count). The van der Waals surface area contributed by atoms with Gasteiger partial charge in [-0.25, -0.2) is 4.79 Å². The second kappa shape index (κ2) is 9.42. The Morgan fingerprint density at radius 3 is 2.52 bits per heavy atom. The third kappa shape index (κ3) is 5.46. The summed E-state index contributed by atoms with van der Waals surface area (Å²) in [5.41, 5.74) is 3.20. The molecule has 1 N–H and O–H groups in total. The maximum atomic E-state index is 12.3. The second-order valence-electron chi connectivity index (χ2n) is 6.29. The number of carbonyl (C=O) groups excluding carboxylic acids is 2. The lowest BCUT2D eigenvalue weighted by Crippen LogP contribution is -2.49. The van der Waals surface area contributed by atoms with Crippen molar-refractivity contribution in [3.05, 3.63) is 29.3 Å². The van der Waals surface area contributed by atoms with Crippen molar-refractivity contribution < 1.29 is 14.3 Å². The molecule has 0 atom stereocenters. The van der Waals surface area contributed by atoms with E-state index in [1.54, 1.807) is 4.90 Å². The van der Waals surface area contributed by atoms with Crippen LogP contribution in [0.15, 0.2) is 18.2 Å². The first kappa shape index (κ1) is 19.2. The number of carbonyl (C=O) groups is 2. The average molecular weight is 347 g/mol. The van der Waals surface area contributed by atoms with Gasteiger partial charge < -0.3 is 15.0 Å². The zero-order valence-electron chi connectivity index (χ0n) is 15.5. The topological polar surface area (TPSA) is 61.9 Å². The summed E-state index contributed by atoms with van der Waals surface area (Å²) in [5.74, 6) is 0.0387. The van der Waals surface area contributed by atoms with Crippen molar-refractivity contribution in [3.8, 4) is 0 Å². The molecule has 1 heterocycles. The molecule has 25 heavy (non-hydrogen) atoms. The van der Waals surface area contributed by atoms with E-state index in [1.165, 1.54) is 0 Å². The summed E-state index contributed by atoms with van der Waals surface area (Å²) in [7, 11) is 0. The lowest BCUT2D eigenvalue weighted by atomic mass is 10.1. The van der Waals surface area contributed by atoms with Gasteiger partial charge in [0.2, 0.25) is 5.91 Å². The van der Waals surface area contributed by atoms with Gasteiger partial charge in [-0.15, -0.1) is 0 Å². The van der Waals surface area contributed by atoms with Crippen molar-refractivity contribution in [1.82, 2.24) is 9.80 Å². The number of rotatable bonds is 6. The first-order valence-corrected chi connectivity index (χ1v) is 9.07. The van der Waals surface area contributed by atoms with Crippen molar-refractivity contribution in [2.45, 2.75) is 33.6 Å². The summed E-state index contributed by atoms with van der Waals surface area (Å²) < 4.78 is 5.02. The zero-order valence-corrected chi connectivity index (χ0v) is 15.5. The number of nitrogens with zero attached hydrogens (tertiary/aromatic N) is 2. The minimum absolute atomic E-state index is 0.0387. The number of anilines is 1. The Labute approximate surface area is 150 Å². The Hall–Kier alpha value is -2.08. The second-order valence-corrected chi connectivity index (χ2v) is 6.29. The highest BCUT2D eigenvalue weighted by atomic mass is 16.6. The number of ether oxygens (including phenoxy) is 1. The molecule has 0 radical (unpaired) electrons. The van der Waals surface area contributed by atoms with Gasteiger partial charge in [0.05, 0.1) is 6.61 Å². The smallest absolute Gasteiger partial charge is 0.409 e.